The monoisotopic (exact) mass is 242 g/mol. The zero-order chi connectivity index (χ0) is 3.58. The summed E-state index contributed by atoms with van der Waals surface area (Å²) >= 11 is 0. The van der Waals surface area contributed by atoms with Gasteiger partial charge >= 0.3 is 51.4 Å². The fourth-order valence-electron chi connectivity index (χ4n) is 0. The van der Waals surface area contributed by atoms with E-state index in [-0.39, 0.29) is 94.6 Å². The van der Waals surface area contributed by atoms with Crippen LogP contribution in [-0.2, 0) is 0 Å². The average molecular weight is 242 g/mol. The van der Waals surface area contributed by atoms with Gasteiger partial charge in [-0.15, -0.1) is 0 Å². The maximum Gasteiger partial charge on any atom is 1.00 e. The molecule has 0 unspecified atom stereocenters. The molecule has 0 atom stereocenters. The van der Waals surface area contributed by atoms with Crippen LogP contribution in [0.15, 0.2) is 0 Å². The Balaban J connectivity index is -0.0000000150. The minimum absolute atomic E-state index is 0. The molecule has 0 aromatic rings. The predicted molar refractivity (Wildman–Crippen MR) is 11.5 cm³/mol. The van der Waals surface area contributed by atoms with Gasteiger partial charge in [0.1, 0.15) is 0 Å². The summed E-state index contributed by atoms with van der Waals surface area (Å²) in [5, 5.41) is 14.8. The van der Waals surface area contributed by atoms with Crippen LogP contribution < -0.4 is 51.4 Å². The molecule has 0 aliphatic rings. The Hall–Kier alpha value is 2.21. The summed E-state index contributed by atoms with van der Waals surface area (Å²) in [6.07, 6.45) is 0. The number of hydrogen-bond acceptors (Lipinski definition) is 3. The number of hydrogen-bond donors (Lipinski definition) is 0. The van der Waals surface area contributed by atoms with Crippen molar-refractivity contribution in [3.63, 3.8) is 0 Å². The Morgan fingerprint density at radius 1 is 1.50 bits per heavy atom. The summed E-state index contributed by atoms with van der Waals surface area (Å²) in [7, 11) is 0. The quantitative estimate of drug-likeness (QED) is 0.256. The average Bonchev–Trinajstić information content (AvgIpc) is 0.811. The Bertz CT molecular complexity index is 37.9. The maximum atomic E-state index is 8.25. The first-order valence-corrected chi connectivity index (χ1v) is 0.548. The minimum Gasteiger partial charge on any atom is -1.00 e. The molecule has 6 heteroatoms. The summed E-state index contributed by atoms with van der Waals surface area (Å²) in [5.74, 6) is 0. The standard InChI is InChI=1S/Ce.K.NO3.H/c;;2-1(3)4;/q;+1;2*-1. The fourth-order valence-corrected chi connectivity index (χ4v) is 0. The van der Waals surface area contributed by atoms with Crippen molar-refractivity contribution in [1.29, 1.82) is 0 Å². The van der Waals surface area contributed by atoms with Gasteiger partial charge in [-0.05, 0) is 0 Å². The molecule has 0 rings (SSSR count). The molecule has 0 aromatic carbocycles. The van der Waals surface area contributed by atoms with E-state index in [1.54, 1.807) is 0 Å². The van der Waals surface area contributed by atoms with Crippen molar-refractivity contribution in [3.05, 3.63) is 15.3 Å². The molecular formula is HCeKNO3-. The van der Waals surface area contributed by atoms with Gasteiger partial charge < -0.3 is 16.7 Å². The Morgan fingerprint density at radius 3 is 1.50 bits per heavy atom. The smallest absolute Gasteiger partial charge is 1.00 e. The van der Waals surface area contributed by atoms with Gasteiger partial charge in [-0.1, -0.05) is 0 Å². The van der Waals surface area contributed by atoms with Crippen LogP contribution in [0.5, 0.6) is 0 Å². The van der Waals surface area contributed by atoms with Crippen molar-refractivity contribution in [2.45, 2.75) is 0 Å². The SMILES string of the molecule is O=[N+]([O-])[O-].[Ce].[H-].[K+]. The van der Waals surface area contributed by atoms with Gasteiger partial charge in [-0.25, -0.2) is 0 Å². The predicted octanol–water partition coefficient (Wildman–Crippen LogP) is -3.12. The first-order chi connectivity index (χ1) is 1.73. The molecule has 0 bridgehead atoms. The van der Waals surface area contributed by atoms with Gasteiger partial charge in [-0.2, -0.15) is 0 Å². The number of rotatable bonds is 0. The van der Waals surface area contributed by atoms with Crippen molar-refractivity contribution in [3.8, 4) is 0 Å². The van der Waals surface area contributed by atoms with E-state index in [9.17, 15) is 0 Å². The van der Waals surface area contributed by atoms with E-state index in [1.165, 1.54) is 0 Å². The molecule has 0 saturated carbocycles. The minimum atomic E-state index is -1.75. The molecule has 0 aliphatic carbocycles. The number of nitrogens with zero attached hydrogens (tertiary/aromatic N) is 1. The first kappa shape index (κ1) is 15.7. The third kappa shape index (κ3) is 34.5. The molecule has 0 fully saturated rings. The topological polar surface area (TPSA) is 66.2 Å². The molecule has 4 nitrogen and oxygen atoms in total. The van der Waals surface area contributed by atoms with Crippen LogP contribution in [0, 0.1) is 57.1 Å². The Labute approximate surface area is 112 Å². The second-order valence-corrected chi connectivity index (χ2v) is 0.224. The molecule has 0 N–H and O–H groups in total. The normalized spacial score (nSPS) is 4.00. The molecule has 30 valence electrons. The van der Waals surface area contributed by atoms with Crippen molar-refractivity contribution in [1.82, 2.24) is 0 Å². The summed E-state index contributed by atoms with van der Waals surface area (Å²) < 4.78 is 0. The molecule has 0 saturated heterocycles. The van der Waals surface area contributed by atoms with Gasteiger partial charge in [0.25, 0.3) is 0 Å². The summed E-state index contributed by atoms with van der Waals surface area (Å²) in [6.45, 7) is 0. The second kappa shape index (κ2) is 10.2. The van der Waals surface area contributed by atoms with Crippen LogP contribution in [0.25, 0.3) is 0 Å². The molecule has 0 aliphatic heterocycles. The van der Waals surface area contributed by atoms with Crippen molar-refractivity contribution in [2.24, 2.45) is 0 Å². The molecule has 0 radical (unpaired) electrons. The molecule has 0 aromatic heterocycles. The van der Waals surface area contributed by atoms with Gasteiger partial charge in [0.05, 0.1) is 5.09 Å². The third-order valence-corrected chi connectivity index (χ3v) is 0. The maximum absolute atomic E-state index is 8.25. The fraction of sp³-hybridized carbons (Fsp3) is 0. The molecule has 0 heterocycles. The molecule has 0 spiro atoms. The van der Waals surface area contributed by atoms with Crippen LogP contribution in [0.1, 0.15) is 1.43 Å². The largest absolute Gasteiger partial charge is 1.00 e. The summed E-state index contributed by atoms with van der Waals surface area (Å²) in [6, 6.07) is 0. The zero-order valence-electron chi connectivity index (χ0n) is 4.17. The van der Waals surface area contributed by atoms with Crippen LogP contribution in [0.4, 0.5) is 0 Å². The van der Waals surface area contributed by atoms with E-state index in [0.29, 0.717) is 0 Å². The van der Waals surface area contributed by atoms with Crippen LogP contribution in [-0.4, -0.2) is 5.09 Å². The van der Waals surface area contributed by atoms with Crippen molar-refractivity contribution < 1.29 is 99.6 Å². The zero-order valence-corrected chi connectivity index (χ0v) is 9.44. The van der Waals surface area contributed by atoms with Crippen molar-refractivity contribution >= 4 is 0 Å². The van der Waals surface area contributed by atoms with E-state index in [1.807, 2.05) is 0 Å². The summed E-state index contributed by atoms with van der Waals surface area (Å²) in [5.41, 5.74) is 0. The van der Waals surface area contributed by atoms with E-state index in [2.05, 4.69) is 0 Å². The van der Waals surface area contributed by atoms with E-state index in [4.69, 9.17) is 15.3 Å². The second-order valence-electron chi connectivity index (χ2n) is 0.224. The Kier molecular flexibility index (Phi) is 26.9. The van der Waals surface area contributed by atoms with Crippen LogP contribution in [0.2, 0.25) is 0 Å². The van der Waals surface area contributed by atoms with E-state index >= 15 is 0 Å². The van der Waals surface area contributed by atoms with Gasteiger partial charge in [0.15, 0.2) is 0 Å². The van der Waals surface area contributed by atoms with Gasteiger partial charge in [-0.3, -0.25) is 0 Å². The van der Waals surface area contributed by atoms with E-state index in [0.717, 1.165) is 0 Å². The van der Waals surface area contributed by atoms with Crippen LogP contribution in [0.3, 0.4) is 0 Å². The van der Waals surface area contributed by atoms with Crippen LogP contribution >= 0.6 is 0 Å². The molecule has 0 amide bonds. The van der Waals surface area contributed by atoms with Gasteiger partial charge in [0, 0.05) is 41.7 Å². The molecular weight excluding hydrogens is 241 g/mol. The third-order valence-electron chi connectivity index (χ3n) is 0. The van der Waals surface area contributed by atoms with Gasteiger partial charge in [0.2, 0.25) is 0 Å². The van der Waals surface area contributed by atoms with Crippen molar-refractivity contribution in [2.75, 3.05) is 0 Å². The Morgan fingerprint density at radius 2 is 1.50 bits per heavy atom. The molecule has 6 heavy (non-hydrogen) atoms. The first-order valence-electron chi connectivity index (χ1n) is 0.548. The summed E-state index contributed by atoms with van der Waals surface area (Å²) in [4.78, 5) is 8.25. The van der Waals surface area contributed by atoms with E-state index < -0.39 is 5.09 Å².